The van der Waals surface area contributed by atoms with Gasteiger partial charge in [0.05, 0.1) is 11.9 Å². The minimum atomic E-state index is -4.78. The molecule has 2 aliphatic rings. The number of nitrogens with zero attached hydrogens (tertiary/aromatic N) is 4. The molecule has 2 heterocycles. The van der Waals surface area contributed by atoms with Crippen molar-refractivity contribution in [2.24, 2.45) is 24.8 Å². The fraction of sp³-hybridized carbons (Fsp3) is 0.565. The second-order valence-corrected chi connectivity index (χ2v) is 9.80. The lowest BCUT2D eigenvalue weighted by atomic mass is 10.1. The molecule has 7 nitrogen and oxygen atoms in total. The Morgan fingerprint density at radius 1 is 1.27 bits per heavy atom. The Hall–Kier alpha value is -2.59. The van der Waals surface area contributed by atoms with Crippen molar-refractivity contribution in [3.05, 3.63) is 48.0 Å². The standard InChI is InChI=1S/C23H29F3N4O3/c1-22(2,32)13-29-9-17-18(10-29)19(17)11-30(21(31)20-12-28(3)14-27-20)8-15-5-4-6-16(7-15)33-23(24,25)26/h4-7,12,14,17-19,32H,8-11,13H2,1-3H3. The van der Waals surface area contributed by atoms with Gasteiger partial charge in [-0.25, -0.2) is 4.98 Å². The second-order valence-electron chi connectivity index (χ2n) is 9.80. The summed E-state index contributed by atoms with van der Waals surface area (Å²) in [5.74, 6) is 0.662. The summed E-state index contributed by atoms with van der Waals surface area (Å²) >= 11 is 0. The highest BCUT2D eigenvalue weighted by Crippen LogP contribution is 2.52. The molecule has 1 N–H and O–H groups in total. The second kappa shape index (κ2) is 8.64. The Kier molecular flexibility index (Phi) is 6.17. The first-order valence-electron chi connectivity index (χ1n) is 10.9. The van der Waals surface area contributed by atoms with Gasteiger partial charge in [0.2, 0.25) is 0 Å². The average Bonchev–Trinajstić information content (AvgIpc) is 3.02. The van der Waals surface area contributed by atoms with Gasteiger partial charge >= 0.3 is 6.36 Å². The van der Waals surface area contributed by atoms with Crippen LogP contribution in [0.25, 0.3) is 0 Å². The molecule has 0 bridgehead atoms. The molecule has 180 valence electrons. The number of β-amino-alcohol motifs (C(OH)–C–C–N with tert-alkyl or cyclic N) is 1. The molecule has 1 amide bonds. The van der Waals surface area contributed by atoms with Gasteiger partial charge in [-0.3, -0.25) is 9.69 Å². The third-order valence-corrected chi connectivity index (χ3v) is 6.21. The van der Waals surface area contributed by atoms with E-state index in [-0.39, 0.29) is 18.2 Å². The summed E-state index contributed by atoms with van der Waals surface area (Å²) in [5, 5.41) is 10.1. The van der Waals surface area contributed by atoms with Crippen LogP contribution in [0.15, 0.2) is 36.8 Å². The van der Waals surface area contributed by atoms with Crippen molar-refractivity contribution in [3.63, 3.8) is 0 Å². The van der Waals surface area contributed by atoms with Gasteiger partial charge in [-0.2, -0.15) is 0 Å². The zero-order valence-electron chi connectivity index (χ0n) is 18.9. The average molecular weight is 467 g/mol. The van der Waals surface area contributed by atoms with E-state index in [2.05, 4.69) is 14.6 Å². The number of ether oxygens (including phenoxy) is 1. The molecule has 33 heavy (non-hydrogen) atoms. The molecule has 1 saturated carbocycles. The topological polar surface area (TPSA) is 70.8 Å². The smallest absolute Gasteiger partial charge is 0.406 e. The maximum Gasteiger partial charge on any atom is 0.573 e. The Bertz CT molecular complexity index is 989. The molecule has 2 unspecified atom stereocenters. The summed E-state index contributed by atoms with van der Waals surface area (Å²) in [4.78, 5) is 21.3. The predicted octanol–water partition coefficient (Wildman–Crippen LogP) is 2.91. The molecule has 2 aromatic rings. The van der Waals surface area contributed by atoms with Crippen LogP contribution in [0.1, 0.15) is 29.9 Å². The van der Waals surface area contributed by atoms with Crippen LogP contribution in [-0.2, 0) is 13.6 Å². The van der Waals surface area contributed by atoms with E-state index in [1.165, 1.54) is 18.2 Å². The van der Waals surface area contributed by atoms with Gasteiger partial charge in [0.1, 0.15) is 11.4 Å². The van der Waals surface area contributed by atoms with E-state index in [9.17, 15) is 23.1 Å². The molecule has 1 saturated heterocycles. The molecule has 2 atom stereocenters. The predicted molar refractivity (Wildman–Crippen MR) is 114 cm³/mol. The van der Waals surface area contributed by atoms with Crippen molar-refractivity contribution in [2.75, 3.05) is 26.2 Å². The lowest BCUT2D eigenvalue weighted by molar-refractivity contribution is -0.274. The number of likely N-dealkylation sites (tertiary alicyclic amines) is 1. The van der Waals surface area contributed by atoms with E-state index in [0.717, 1.165) is 13.1 Å². The van der Waals surface area contributed by atoms with Crippen LogP contribution in [0.2, 0.25) is 0 Å². The van der Waals surface area contributed by atoms with E-state index < -0.39 is 12.0 Å². The highest BCUT2D eigenvalue weighted by atomic mass is 19.4. The Labute approximate surface area is 190 Å². The van der Waals surface area contributed by atoms with E-state index >= 15 is 0 Å². The molecule has 10 heteroatoms. The van der Waals surface area contributed by atoms with Crippen LogP contribution in [0, 0.1) is 17.8 Å². The minimum Gasteiger partial charge on any atom is -0.406 e. The number of imidazole rings is 1. The SMILES string of the molecule is Cn1cnc(C(=O)N(Cc2cccc(OC(F)(F)F)c2)CC2C3CN(CC(C)(C)O)CC32)c1. The number of fused-ring (bicyclic) bond motifs is 1. The van der Waals surface area contributed by atoms with E-state index in [1.54, 1.807) is 49.0 Å². The number of carbonyl (C=O) groups is 1. The molecule has 2 fully saturated rings. The van der Waals surface area contributed by atoms with Crippen molar-refractivity contribution in [1.82, 2.24) is 19.4 Å². The van der Waals surface area contributed by atoms with Crippen molar-refractivity contribution in [3.8, 4) is 5.75 Å². The number of hydrogen-bond donors (Lipinski definition) is 1. The number of aryl methyl sites for hydroxylation is 1. The van der Waals surface area contributed by atoms with Crippen molar-refractivity contribution >= 4 is 5.91 Å². The first-order valence-corrected chi connectivity index (χ1v) is 10.9. The van der Waals surface area contributed by atoms with Crippen LogP contribution >= 0.6 is 0 Å². The number of benzene rings is 1. The van der Waals surface area contributed by atoms with Gasteiger partial charge < -0.3 is 19.3 Å². The van der Waals surface area contributed by atoms with Gasteiger partial charge in [-0.1, -0.05) is 12.1 Å². The monoisotopic (exact) mass is 466 g/mol. The summed E-state index contributed by atoms with van der Waals surface area (Å²) in [6.07, 6.45) is -1.59. The third-order valence-electron chi connectivity index (χ3n) is 6.21. The first kappa shape index (κ1) is 23.6. The lowest BCUT2D eigenvalue weighted by Gasteiger charge is -2.28. The Morgan fingerprint density at radius 3 is 2.55 bits per heavy atom. The Morgan fingerprint density at radius 2 is 1.97 bits per heavy atom. The number of aliphatic hydroxyl groups is 1. The third kappa shape index (κ3) is 6.05. The van der Waals surface area contributed by atoms with Gasteiger partial charge in [0.25, 0.3) is 5.91 Å². The van der Waals surface area contributed by atoms with Crippen molar-refractivity contribution in [2.45, 2.75) is 32.4 Å². The number of halogens is 3. The molecule has 0 radical (unpaired) electrons. The van der Waals surface area contributed by atoms with E-state index in [4.69, 9.17) is 0 Å². The largest absolute Gasteiger partial charge is 0.573 e. The number of rotatable bonds is 8. The number of amides is 1. The summed E-state index contributed by atoms with van der Waals surface area (Å²) in [7, 11) is 1.77. The quantitative estimate of drug-likeness (QED) is 0.648. The van der Waals surface area contributed by atoms with Crippen LogP contribution in [0.4, 0.5) is 13.2 Å². The van der Waals surface area contributed by atoms with Crippen molar-refractivity contribution < 1.29 is 27.8 Å². The fourth-order valence-electron chi connectivity index (χ4n) is 4.90. The highest BCUT2D eigenvalue weighted by molar-refractivity contribution is 5.92. The fourth-order valence-corrected chi connectivity index (χ4v) is 4.90. The highest BCUT2D eigenvalue weighted by Gasteiger charge is 2.56. The van der Waals surface area contributed by atoms with E-state index in [0.29, 0.717) is 42.1 Å². The molecule has 1 aromatic heterocycles. The van der Waals surface area contributed by atoms with Crippen molar-refractivity contribution in [1.29, 1.82) is 0 Å². The number of piperidine rings is 1. The zero-order valence-corrected chi connectivity index (χ0v) is 18.9. The normalized spacial score (nSPS) is 22.8. The van der Waals surface area contributed by atoms with Gasteiger partial charge in [-0.15, -0.1) is 13.2 Å². The first-order chi connectivity index (χ1) is 15.4. The van der Waals surface area contributed by atoms with Crippen LogP contribution < -0.4 is 4.74 Å². The molecular formula is C23H29F3N4O3. The van der Waals surface area contributed by atoms with Gasteiger partial charge in [-0.05, 0) is 49.3 Å². The molecule has 1 aromatic carbocycles. The maximum atomic E-state index is 13.2. The van der Waals surface area contributed by atoms with Crippen LogP contribution in [0.3, 0.4) is 0 Å². The van der Waals surface area contributed by atoms with Crippen LogP contribution in [0.5, 0.6) is 5.75 Å². The zero-order chi connectivity index (χ0) is 24.0. The van der Waals surface area contributed by atoms with Gasteiger partial charge in [0, 0.05) is 46.0 Å². The molecule has 1 aliphatic heterocycles. The number of aromatic nitrogens is 2. The lowest BCUT2D eigenvalue weighted by Crippen LogP contribution is -2.40. The number of alkyl halides is 3. The molecular weight excluding hydrogens is 437 g/mol. The summed E-state index contributed by atoms with van der Waals surface area (Å²) < 4.78 is 43.6. The summed E-state index contributed by atoms with van der Waals surface area (Å²) in [5.41, 5.74) is 0.0988. The molecule has 1 aliphatic carbocycles. The number of hydrogen-bond acceptors (Lipinski definition) is 5. The number of carbonyl (C=O) groups excluding carboxylic acids is 1. The maximum absolute atomic E-state index is 13.2. The summed E-state index contributed by atoms with van der Waals surface area (Å²) in [6.45, 7) is 6.60. The van der Waals surface area contributed by atoms with Crippen LogP contribution in [-0.4, -0.2) is 68.5 Å². The van der Waals surface area contributed by atoms with E-state index in [1.807, 2.05) is 0 Å². The molecule has 0 spiro atoms. The summed E-state index contributed by atoms with van der Waals surface area (Å²) in [6, 6.07) is 5.72. The minimum absolute atomic E-state index is 0.161. The molecule has 4 rings (SSSR count). The van der Waals surface area contributed by atoms with Gasteiger partial charge in [0.15, 0.2) is 0 Å². The Balaban J connectivity index is 1.46.